The van der Waals surface area contributed by atoms with Crippen LogP contribution in [0.1, 0.15) is 27.0 Å². The summed E-state index contributed by atoms with van der Waals surface area (Å²) in [7, 11) is 0. The summed E-state index contributed by atoms with van der Waals surface area (Å²) >= 11 is 6.53. The molecular weight excluding hydrogens is 332 g/mol. The quantitative estimate of drug-likeness (QED) is 0.664. The van der Waals surface area contributed by atoms with Crippen molar-refractivity contribution in [2.45, 2.75) is 13.3 Å². The number of carbonyl (C=O) groups is 1. The van der Waals surface area contributed by atoms with Crippen LogP contribution in [0.15, 0.2) is 32.5 Å². The zero-order valence-corrected chi connectivity index (χ0v) is 12.9. The summed E-state index contributed by atoms with van der Waals surface area (Å²) in [4.78, 5) is 13.9. The molecule has 0 fully saturated rings. The van der Waals surface area contributed by atoms with Crippen molar-refractivity contribution in [2.24, 2.45) is 5.10 Å². The van der Waals surface area contributed by atoms with Gasteiger partial charge < -0.3 is 0 Å². The number of hydrogen-bond donors (Lipinski definition) is 1. The first-order valence-corrected chi connectivity index (χ1v) is 7.84. The summed E-state index contributed by atoms with van der Waals surface area (Å²) < 4.78 is 1.04. The number of thiophene rings is 2. The lowest BCUT2D eigenvalue weighted by Crippen LogP contribution is -2.16. The number of hydrazone groups is 1. The van der Waals surface area contributed by atoms with Crippen LogP contribution in [-0.4, -0.2) is 12.1 Å². The molecule has 0 aromatic carbocycles. The smallest absolute Gasteiger partial charge is 0.267 e. The summed E-state index contributed by atoms with van der Waals surface area (Å²) in [6.45, 7) is 2.07. The van der Waals surface area contributed by atoms with Crippen LogP contribution in [0.25, 0.3) is 0 Å². The van der Waals surface area contributed by atoms with Crippen molar-refractivity contribution in [1.29, 1.82) is 0 Å². The van der Waals surface area contributed by atoms with Crippen LogP contribution >= 0.6 is 38.6 Å². The molecule has 6 heteroatoms. The average molecular weight is 343 g/mol. The zero-order chi connectivity index (χ0) is 13.0. The van der Waals surface area contributed by atoms with Crippen LogP contribution in [0.2, 0.25) is 0 Å². The van der Waals surface area contributed by atoms with E-state index in [-0.39, 0.29) is 5.91 Å². The fraction of sp³-hybridized carbons (Fsp3) is 0.167. The van der Waals surface area contributed by atoms with Gasteiger partial charge in [-0.15, -0.1) is 22.7 Å². The Balaban J connectivity index is 1.93. The maximum absolute atomic E-state index is 11.7. The monoisotopic (exact) mass is 342 g/mol. The fourth-order valence-corrected chi connectivity index (χ4v) is 3.41. The average Bonchev–Trinajstić information content (AvgIpc) is 2.98. The molecule has 0 aliphatic carbocycles. The first-order valence-electron chi connectivity index (χ1n) is 5.35. The highest BCUT2D eigenvalue weighted by Crippen LogP contribution is 2.20. The third kappa shape index (κ3) is 3.51. The minimum absolute atomic E-state index is 0.169. The topological polar surface area (TPSA) is 41.5 Å². The second kappa shape index (κ2) is 6.26. The number of hydrogen-bond acceptors (Lipinski definition) is 4. The molecule has 18 heavy (non-hydrogen) atoms. The van der Waals surface area contributed by atoms with Gasteiger partial charge in [-0.1, -0.05) is 6.92 Å². The fourth-order valence-electron chi connectivity index (χ4n) is 1.30. The van der Waals surface area contributed by atoms with Gasteiger partial charge in [0.25, 0.3) is 5.91 Å². The number of carbonyl (C=O) groups excluding carboxylic acids is 1. The van der Waals surface area contributed by atoms with Crippen molar-refractivity contribution in [3.05, 3.63) is 42.7 Å². The van der Waals surface area contributed by atoms with E-state index in [1.807, 2.05) is 23.6 Å². The molecule has 0 spiro atoms. The Kier molecular flexibility index (Phi) is 4.68. The van der Waals surface area contributed by atoms with E-state index >= 15 is 0 Å². The highest BCUT2D eigenvalue weighted by atomic mass is 79.9. The van der Waals surface area contributed by atoms with E-state index in [0.29, 0.717) is 5.56 Å². The van der Waals surface area contributed by atoms with Crippen molar-refractivity contribution < 1.29 is 4.79 Å². The highest BCUT2D eigenvalue weighted by molar-refractivity contribution is 9.11. The Morgan fingerprint density at radius 1 is 1.56 bits per heavy atom. The van der Waals surface area contributed by atoms with Crippen LogP contribution < -0.4 is 5.43 Å². The van der Waals surface area contributed by atoms with E-state index < -0.39 is 0 Å². The van der Waals surface area contributed by atoms with Crippen molar-refractivity contribution in [3.63, 3.8) is 0 Å². The maximum atomic E-state index is 11.7. The number of rotatable bonds is 4. The predicted molar refractivity (Wildman–Crippen MR) is 80.8 cm³/mol. The predicted octanol–water partition coefficient (Wildman–Crippen LogP) is 3.90. The Morgan fingerprint density at radius 3 is 3.00 bits per heavy atom. The van der Waals surface area contributed by atoms with Crippen LogP contribution in [-0.2, 0) is 6.42 Å². The molecule has 3 nitrogen and oxygen atoms in total. The molecule has 2 heterocycles. The molecule has 2 rings (SSSR count). The highest BCUT2D eigenvalue weighted by Gasteiger charge is 2.06. The summed E-state index contributed by atoms with van der Waals surface area (Å²) in [6, 6.07) is 5.78. The molecule has 0 aliphatic rings. The molecule has 2 aromatic heterocycles. The van der Waals surface area contributed by atoms with Gasteiger partial charge in [0.2, 0.25) is 0 Å². The molecule has 0 aliphatic heterocycles. The minimum Gasteiger partial charge on any atom is -0.267 e. The van der Waals surface area contributed by atoms with Crippen LogP contribution in [0, 0.1) is 0 Å². The SMILES string of the molecule is CCc1cc(C(=O)N/N=C\c2ccc(Br)s2)cs1. The van der Waals surface area contributed by atoms with Gasteiger partial charge in [0.15, 0.2) is 0 Å². The van der Waals surface area contributed by atoms with E-state index in [2.05, 4.69) is 33.4 Å². The summed E-state index contributed by atoms with van der Waals surface area (Å²) in [5, 5.41) is 5.79. The van der Waals surface area contributed by atoms with Crippen LogP contribution in [0.4, 0.5) is 0 Å². The molecule has 1 amide bonds. The van der Waals surface area contributed by atoms with E-state index in [9.17, 15) is 4.79 Å². The van der Waals surface area contributed by atoms with Crippen molar-refractivity contribution >= 4 is 50.7 Å². The summed E-state index contributed by atoms with van der Waals surface area (Å²) in [5.41, 5.74) is 3.19. The molecule has 0 saturated carbocycles. The van der Waals surface area contributed by atoms with Gasteiger partial charge in [0.05, 0.1) is 15.6 Å². The Bertz CT molecular complexity index is 574. The van der Waals surface area contributed by atoms with E-state index in [4.69, 9.17) is 0 Å². The van der Waals surface area contributed by atoms with Gasteiger partial charge in [-0.25, -0.2) is 5.43 Å². The Hall–Kier alpha value is -0.980. The molecule has 0 saturated heterocycles. The van der Waals surface area contributed by atoms with E-state index in [1.54, 1.807) is 28.9 Å². The summed E-state index contributed by atoms with van der Waals surface area (Å²) in [6.07, 6.45) is 2.59. The molecule has 0 unspecified atom stereocenters. The first kappa shape index (κ1) is 13.5. The van der Waals surface area contributed by atoms with Gasteiger partial charge in [0, 0.05) is 15.1 Å². The standard InChI is InChI=1S/C12H11BrN2OS2/c1-2-9-5-8(7-17-9)12(16)15-14-6-10-3-4-11(13)18-10/h3-7H,2H2,1H3,(H,15,16)/b14-6-. The number of amides is 1. The normalized spacial score (nSPS) is 11.0. The summed E-state index contributed by atoms with van der Waals surface area (Å²) in [5.74, 6) is -0.169. The maximum Gasteiger partial charge on any atom is 0.272 e. The Morgan fingerprint density at radius 2 is 2.39 bits per heavy atom. The van der Waals surface area contributed by atoms with Crippen LogP contribution in [0.5, 0.6) is 0 Å². The third-order valence-electron chi connectivity index (χ3n) is 2.22. The molecule has 0 radical (unpaired) electrons. The zero-order valence-electron chi connectivity index (χ0n) is 9.64. The number of nitrogens with zero attached hydrogens (tertiary/aromatic N) is 1. The third-order valence-corrected chi connectivity index (χ3v) is 4.86. The molecule has 0 atom stereocenters. The second-order valence-corrected chi connectivity index (χ2v) is 6.99. The van der Waals surface area contributed by atoms with Gasteiger partial charge in [-0.2, -0.15) is 5.10 Å². The van der Waals surface area contributed by atoms with Crippen LogP contribution in [0.3, 0.4) is 0 Å². The molecule has 0 bridgehead atoms. The lowest BCUT2D eigenvalue weighted by atomic mass is 10.3. The second-order valence-electron chi connectivity index (χ2n) is 3.50. The number of nitrogens with one attached hydrogen (secondary N) is 1. The minimum atomic E-state index is -0.169. The lowest BCUT2D eigenvalue weighted by Gasteiger charge is -1.94. The number of halogens is 1. The molecule has 1 N–H and O–H groups in total. The largest absolute Gasteiger partial charge is 0.272 e. The first-order chi connectivity index (χ1) is 8.69. The Labute approximate surface area is 122 Å². The lowest BCUT2D eigenvalue weighted by molar-refractivity contribution is 0.0955. The van der Waals surface area contributed by atoms with E-state index in [0.717, 1.165) is 15.1 Å². The van der Waals surface area contributed by atoms with Gasteiger partial charge in [-0.05, 0) is 40.5 Å². The molecular formula is C12H11BrN2OS2. The van der Waals surface area contributed by atoms with Crippen molar-refractivity contribution in [2.75, 3.05) is 0 Å². The van der Waals surface area contributed by atoms with Crippen molar-refractivity contribution in [3.8, 4) is 0 Å². The van der Waals surface area contributed by atoms with Crippen molar-refractivity contribution in [1.82, 2.24) is 5.43 Å². The molecule has 2 aromatic rings. The van der Waals surface area contributed by atoms with Gasteiger partial charge >= 0.3 is 0 Å². The van der Waals surface area contributed by atoms with Gasteiger partial charge in [-0.3, -0.25) is 4.79 Å². The molecule has 94 valence electrons. The number of aryl methyl sites for hydroxylation is 1. The van der Waals surface area contributed by atoms with Gasteiger partial charge in [0.1, 0.15) is 0 Å². The van der Waals surface area contributed by atoms with E-state index in [1.165, 1.54) is 4.88 Å².